The van der Waals surface area contributed by atoms with Gasteiger partial charge in [0.2, 0.25) is 0 Å². The standard InChI is InChI=1S/C17H14N4O3/c1-11-15(16(22)21(20-11)12-7-3-2-4-8-12)19-18-14-10-6-5-9-13(14)17(23)24/h2-10,18,20H,1H2,(H,23,24). The first-order chi connectivity index (χ1) is 11.6. The van der Waals surface area contributed by atoms with Gasteiger partial charge in [-0.05, 0) is 24.3 Å². The van der Waals surface area contributed by atoms with E-state index in [0.29, 0.717) is 11.4 Å². The quantitative estimate of drug-likeness (QED) is 0.750. The summed E-state index contributed by atoms with van der Waals surface area (Å²) in [7, 11) is 0. The summed E-state index contributed by atoms with van der Waals surface area (Å²) in [5.41, 5.74) is 6.88. The van der Waals surface area contributed by atoms with Crippen LogP contribution in [0, 0.1) is 0 Å². The average molecular weight is 322 g/mol. The summed E-state index contributed by atoms with van der Waals surface area (Å²) < 4.78 is 0. The molecule has 1 aliphatic rings. The average Bonchev–Trinajstić information content (AvgIpc) is 2.88. The Labute approximate surface area is 137 Å². The lowest BCUT2D eigenvalue weighted by Gasteiger charge is -2.14. The SMILES string of the molecule is C=C1NN(c2ccccc2)C(=O)C1=NNc1ccccc1C(=O)O. The zero-order valence-corrected chi connectivity index (χ0v) is 12.6. The summed E-state index contributed by atoms with van der Waals surface area (Å²) in [6.45, 7) is 3.77. The lowest BCUT2D eigenvalue weighted by molar-refractivity contribution is -0.112. The Hall–Kier alpha value is -3.61. The monoisotopic (exact) mass is 322 g/mol. The third kappa shape index (κ3) is 2.82. The number of aromatic carboxylic acids is 1. The van der Waals surface area contributed by atoms with Gasteiger partial charge >= 0.3 is 5.97 Å². The smallest absolute Gasteiger partial charge is 0.337 e. The minimum Gasteiger partial charge on any atom is -0.478 e. The van der Waals surface area contributed by atoms with Crippen molar-refractivity contribution in [2.75, 3.05) is 10.4 Å². The van der Waals surface area contributed by atoms with Gasteiger partial charge < -0.3 is 5.11 Å². The Morgan fingerprint density at radius 2 is 1.79 bits per heavy atom. The maximum Gasteiger partial charge on any atom is 0.337 e. The number of hydrogen-bond donors (Lipinski definition) is 3. The van der Waals surface area contributed by atoms with Crippen LogP contribution in [0.1, 0.15) is 10.4 Å². The molecule has 7 heteroatoms. The van der Waals surface area contributed by atoms with Gasteiger partial charge in [0.05, 0.1) is 22.6 Å². The molecule has 0 spiro atoms. The van der Waals surface area contributed by atoms with Crippen LogP contribution < -0.4 is 15.9 Å². The van der Waals surface area contributed by atoms with Crippen LogP contribution >= 0.6 is 0 Å². The highest BCUT2D eigenvalue weighted by Gasteiger charge is 2.32. The Kier molecular flexibility index (Phi) is 3.98. The molecule has 0 atom stereocenters. The first-order valence-electron chi connectivity index (χ1n) is 7.09. The van der Waals surface area contributed by atoms with Crippen molar-refractivity contribution in [2.45, 2.75) is 0 Å². The molecule has 120 valence electrons. The number of carboxylic acid groups (broad SMARTS) is 1. The number of carbonyl (C=O) groups is 2. The van der Waals surface area contributed by atoms with Crippen molar-refractivity contribution < 1.29 is 14.7 Å². The zero-order chi connectivity index (χ0) is 17.1. The van der Waals surface area contributed by atoms with Crippen LogP contribution in [0.4, 0.5) is 11.4 Å². The predicted octanol–water partition coefficient (Wildman–Crippen LogP) is 2.22. The molecule has 2 aromatic carbocycles. The van der Waals surface area contributed by atoms with Crippen molar-refractivity contribution in [1.82, 2.24) is 5.43 Å². The molecule has 2 aromatic rings. The van der Waals surface area contributed by atoms with Crippen molar-refractivity contribution in [3.63, 3.8) is 0 Å². The van der Waals surface area contributed by atoms with Crippen LogP contribution in [0.5, 0.6) is 0 Å². The van der Waals surface area contributed by atoms with Crippen molar-refractivity contribution in [1.29, 1.82) is 0 Å². The number of benzene rings is 2. The van der Waals surface area contributed by atoms with Crippen LogP contribution in [0.2, 0.25) is 0 Å². The first kappa shape index (κ1) is 15.3. The summed E-state index contributed by atoms with van der Waals surface area (Å²) in [4.78, 5) is 23.7. The Morgan fingerprint density at radius 1 is 1.12 bits per heavy atom. The van der Waals surface area contributed by atoms with Crippen LogP contribution in [-0.4, -0.2) is 22.7 Å². The number of hydrazone groups is 1. The molecule has 1 amide bonds. The molecule has 0 bridgehead atoms. The number of nitrogens with zero attached hydrogens (tertiary/aromatic N) is 2. The van der Waals surface area contributed by atoms with Crippen LogP contribution in [-0.2, 0) is 4.79 Å². The van der Waals surface area contributed by atoms with Gasteiger partial charge in [-0.3, -0.25) is 15.6 Å². The second-order valence-electron chi connectivity index (χ2n) is 4.99. The molecule has 1 aliphatic heterocycles. The summed E-state index contributed by atoms with van der Waals surface area (Å²) in [5.74, 6) is -1.47. The van der Waals surface area contributed by atoms with Gasteiger partial charge in [-0.2, -0.15) is 5.10 Å². The highest BCUT2D eigenvalue weighted by molar-refractivity contribution is 6.51. The van der Waals surface area contributed by atoms with Gasteiger partial charge in [0.1, 0.15) is 0 Å². The number of hydrazine groups is 1. The summed E-state index contributed by atoms with van der Waals surface area (Å²) in [6.07, 6.45) is 0. The number of amides is 1. The Bertz CT molecular complexity index is 846. The Balaban J connectivity index is 1.85. The van der Waals surface area contributed by atoms with Crippen LogP contribution in [0.3, 0.4) is 0 Å². The molecule has 1 fully saturated rings. The second-order valence-corrected chi connectivity index (χ2v) is 4.99. The van der Waals surface area contributed by atoms with Gasteiger partial charge in [-0.1, -0.05) is 36.9 Å². The molecule has 0 unspecified atom stereocenters. The number of nitrogens with one attached hydrogen (secondary N) is 2. The second kappa shape index (κ2) is 6.25. The summed E-state index contributed by atoms with van der Waals surface area (Å²) in [5, 5.41) is 14.5. The largest absolute Gasteiger partial charge is 0.478 e. The van der Waals surface area contributed by atoms with Gasteiger partial charge in [-0.15, -0.1) is 0 Å². The van der Waals surface area contributed by atoms with E-state index in [4.69, 9.17) is 5.11 Å². The number of anilines is 2. The maximum atomic E-state index is 12.5. The topological polar surface area (TPSA) is 94.0 Å². The molecule has 3 N–H and O–H groups in total. The number of carboxylic acids is 1. The third-order valence-corrected chi connectivity index (χ3v) is 3.40. The predicted molar refractivity (Wildman–Crippen MR) is 90.7 cm³/mol. The highest BCUT2D eigenvalue weighted by atomic mass is 16.4. The van der Waals surface area contributed by atoms with Gasteiger partial charge in [0.25, 0.3) is 5.91 Å². The number of para-hydroxylation sites is 2. The molecular weight excluding hydrogens is 308 g/mol. The van der Waals surface area contributed by atoms with E-state index in [1.165, 1.54) is 11.1 Å². The molecule has 1 saturated heterocycles. The summed E-state index contributed by atoms with van der Waals surface area (Å²) in [6, 6.07) is 15.3. The van der Waals surface area contributed by atoms with Gasteiger partial charge in [0.15, 0.2) is 5.71 Å². The minimum absolute atomic E-state index is 0.0609. The number of hydrogen-bond acceptors (Lipinski definition) is 5. The molecule has 1 heterocycles. The normalized spacial score (nSPS) is 15.5. The number of carbonyl (C=O) groups excluding carboxylic acids is 1. The van der Waals surface area contributed by atoms with E-state index in [9.17, 15) is 9.59 Å². The van der Waals surface area contributed by atoms with Crippen molar-refractivity contribution in [2.24, 2.45) is 5.10 Å². The fourth-order valence-corrected chi connectivity index (χ4v) is 2.23. The highest BCUT2D eigenvalue weighted by Crippen LogP contribution is 2.19. The zero-order valence-electron chi connectivity index (χ0n) is 12.6. The maximum absolute atomic E-state index is 12.5. The van der Waals surface area contributed by atoms with Crippen molar-refractivity contribution in [3.8, 4) is 0 Å². The molecular formula is C17H14N4O3. The molecule has 7 nitrogen and oxygen atoms in total. The van der Waals surface area contributed by atoms with E-state index in [-0.39, 0.29) is 22.9 Å². The Morgan fingerprint density at radius 3 is 2.50 bits per heavy atom. The van der Waals surface area contributed by atoms with E-state index in [1.807, 2.05) is 18.2 Å². The lowest BCUT2D eigenvalue weighted by Crippen LogP contribution is -2.34. The molecule has 0 saturated carbocycles. The summed E-state index contributed by atoms with van der Waals surface area (Å²) >= 11 is 0. The molecule has 24 heavy (non-hydrogen) atoms. The van der Waals surface area contributed by atoms with Gasteiger partial charge in [-0.25, -0.2) is 9.80 Å². The third-order valence-electron chi connectivity index (χ3n) is 3.40. The van der Waals surface area contributed by atoms with Gasteiger partial charge in [0, 0.05) is 0 Å². The van der Waals surface area contributed by atoms with E-state index >= 15 is 0 Å². The molecule has 3 rings (SSSR count). The minimum atomic E-state index is -1.08. The lowest BCUT2D eigenvalue weighted by atomic mass is 10.2. The van der Waals surface area contributed by atoms with E-state index < -0.39 is 5.97 Å². The first-order valence-corrected chi connectivity index (χ1v) is 7.09. The molecule has 0 radical (unpaired) electrons. The van der Waals surface area contributed by atoms with E-state index in [2.05, 4.69) is 22.5 Å². The van der Waals surface area contributed by atoms with E-state index in [1.54, 1.807) is 30.3 Å². The molecule has 0 aliphatic carbocycles. The van der Waals surface area contributed by atoms with Crippen molar-refractivity contribution in [3.05, 3.63) is 72.4 Å². The van der Waals surface area contributed by atoms with E-state index in [0.717, 1.165) is 0 Å². The number of rotatable bonds is 4. The fourth-order valence-electron chi connectivity index (χ4n) is 2.23. The fraction of sp³-hybridized carbons (Fsp3) is 0. The molecule has 0 aromatic heterocycles. The van der Waals surface area contributed by atoms with Crippen molar-refractivity contribution >= 4 is 29.0 Å². The van der Waals surface area contributed by atoms with Crippen LogP contribution in [0.15, 0.2) is 72.0 Å². The van der Waals surface area contributed by atoms with Crippen LogP contribution in [0.25, 0.3) is 0 Å².